The largest absolute Gasteiger partial charge is 0.497 e. The van der Waals surface area contributed by atoms with Crippen molar-refractivity contribution in [3.05, 3.63) is 89.7 Å². The lowest BCUT2D eigenvalue weighted by atomic mass is 10.1. The Kier molecular flexibility index (Phi) is 6.45. The van der Waals surface area contributed by atoms with Crippen LogP contribution in [0.2, 0.25) is 0 Å². The predicted octanol–water partition coefficient (Wildman–Crippen LogP) is 5.06. The fourth-order valence-corrected chi connectivity index (χ4v) is 3.35. The molecule has 3 rings (SSSR count). The van der Waals surface area contributed by atoms with Crippen LogP contribution in [0.3, 0.4) is 0 Å². The molecule has 0 unspecified atom stereocenters. The molecule has 1 N–H and O–H groups in total. The van der Waals surface area contributed by atoms with Gasteiger partial charge in [-0.3, -0.25) is 9.59 Å². The first-order chi connectivity index (χ1) is 13.5. The van der Waals surface area contributed by atoms with Gasteiger partial charge in [-0.1, -0.05) is 12.1 Å². The second-order valence-electron chi connectivity index (χ2n) is 5.93. The van der Waals surface area contributed by atoms with Crippen LogP contribution in [0.15, 0.2) is 77.7 Å². The number of hydrogen-bond acceptors (Lipinski definition) is 4. The van der Waals surface area contributed by atoms with Crippen LogP contribution in [0.25, 0.3) is 0 Å². The van der Waals surface area contributed by atoms with Crippen molar-refractivity contribution in [1.82, 2.24) is 0 Å². The number of ether oxygens (including phenoxy) is 1. The maximum atomic E-state index is 13.0. The van der Waals surface area contributed by atoms with Crippen LogP contribution < -0.4 is 10.1 Å². The van der Waals surface area contributed by atoms with E-state index in [1.54, 1.807) is 43.5 Å². The normalized spacial score (nSPS) is 10.4. The Balaban J connectivity index is 1.62. The molecule has 4 nitrogen and oxygen atoms in total. The van der Waals surface area contributed by atoms with Crippen molar-refractivity contribution in [2.45, 2.75) is 4.90 Å². The van der Waals surface area contributed by atoms with Crippen molar-refractivity contribution in [1.29, 1.82) is 0 Å². The van der Waals surface area contributed by atoms with Gasteiger partial charge >= 0.3 is 0 Å². The predicted molar refractivity (Wildman–Crippen MR) is 109 cm³/mol. The lowest BCUT2D eigenvalue weighted by Crippen LogP contribution is -2.11. The maximum Gasteiger partial charge on any atom is 0.255 e. The first kappa shape index (κ1) is 19.6. The first-order valence-corrected chi connectivity index (χ1v) is 9.51. The molecule has 0 aliphatic rings. The smallest absolute Gasteiger partial charge is 0.255 e. The van der Waals surface area contributed by atoms with E-state index in [0.717, 1.165) is 4.90 Å². The highest BCUT2D eigenvalue weighted by molar-refractivity contribution is 8.00. The van der Waals surface area contributed by atoms with E-state index in [-0.39, 0.29) is 23.3 Å². The topological polar surface area (TPSA) is 55.4 Å². The summed E-state index contributed by atoms with van der Waals surface area (Å²) in [6, 6.07) is 19.6. The number of carbonyl (C=O) groups excluding carboxylic acids is 2. The number of rotatable bonds is 7. The van der Waals surface area contributed by atoms with Crippen molar-refractivity contribution in [2.75, 3.05) is 18.2 Å². The fourth-order valence-electron chi connectivity index (χ4n) is 2.50. The summed E-state index contributed by atoms with van der Waals surface area (Å²) in [6.45, 7) is 0. The van der Waals surface area contributed by atoms with Crippen molar-refractivity contribution in [3.8, 4) is 5.75 Å². The first-order valence-electron chi connectivity index (χ1n) is 8.52. The molecule has 0 saturated carbocycles. The summed E-state index contributed by atoms with van der Waals surface area (Å²) in [4.78, 5) is 25.5. The number of halogens is 1. The number of anilines is 1. The molecule has 0 aliphatic carbocycles. The van der Waals surface area contributed by atoms with Gasteiger partial charge in [-0.25, -0.2) is 4.39 Å². The highest BCUT2D eigenvalue weighted by Crippen LogP contribution is 2.23. The van der Waals surface area contributed by atoms with E-state index in [1.165, 1.54) is 36.0 Å². The van der Waals surface area contributed by atoms with Gasteiger partial charge in [0.05, 0.1) is 12.9 Å². The van der Waals surface area contributed by atoms with Gasteiger partial charge in [0.15, 0.2) is 5.78 Å². The van der Waals surface area contributed by atoms with Gasteiger partial charge in [0.2, 0.25) is 0 Å². The molecule has 6 heteroatoms. The molecule has 0 aliphatic heterocycles. The van der Waals surface area contributed by atoms with Crippen molar-refractivity contribution in [2.24, 2.45) is 0 Å². The van der Waals surface area contributed by atoms with E-state index < -0.39 is 0 Å². The molecule has 0 radical (unpaired) electrons. The van der Waals surface area contributed by atoms with Gasteiger partial charge in [0, 0.05) is 21.7 Å². The third-order valence-corrected chi connectivity index (χ3v) is 4.95. The van der Waals surface area contributed by atoms with Crippen LogP contribution in [-0.4, -0.2) is 24.6 Å². The van der Waals surface area contributed by atoms with Crippen LogP contribution in [0.5, 0.6) is 5.75 Å². The molecular weight excluding hydrogens is 377 g/mol. The number of methoxy groups -OCH3 is 1. The Labute approximate surface area is 166 Å². The average Bonchev–Trinajstić information content (AvgIpc) is 2.73. The molecule has 0 bridgehead atoms. The SMILES string of the molecule is COc1cccc(C(=O)Nc2cccc(SCC(=O)c3ccc(F)cc3)c2)c1. The summed E-state index contributed by atoms with van der Waals surface area (Å²) in [5, 5.41) is 2.84. The molecule has 0 aromatic heterocycles. The summed E-state index contributed by atoms with van der Waals surface area (Å²) in [7, 11) is 1.55. The standard InChI is InChI=1S/C22H18FNO3S/c1-27-19-6-2-4-16(12-19)22(26)24-18-5-3-7-20(13-18)28-14-21(25)15-8-10-17(23)11-9-15/h2-13H,14H2,1H3,(H,24,26). The van der Waals surface area contributed by atoms with E-state index in [2.05, 4.69) is 5.32 Å². The monoisotopic (exact) mass is 395 g/mol. The van der Waals surface area contributed by atoms with E-state index >= 15 is 0 Å². The minimum atomic E-state index is -0.372. The van der Waals surface area contributed by atoms with Gasteiger partial charge in [0.1, 0.15) is 11.6 Å². The molecule has 3 aromatic rings. The summed E-state index contributed by atoms with van der Waals surface area (Å²) in [6.07, 6.45) is 0. The zero-order valence-corrected chi connectivity index (χ0v) is 16.0. The molecule has 0 spiro atoms. The van der Waals surface area contributed by atoms with Gasteiger partial charge < -0.3 is 10.1 Å². The second-order valence-corrected chi connectivity index (χ2v) is 6.98. The molecule has 0 fully saturated rings. The van der Waals surface area contributed by atoms with Crippen LogP contribution in [0.1, 0.15) is 20.7 Å². The van der Waals surface area contributed by atoms with E-state index in [0.29, 0.717) is 22.6 Å². The number of benzene rings is 3. The number of hydrogen-bond donors (Lipinski definition) is 1. The maximum absolute atomic E-state index is 13.0. The summed E-state index contributed by atoms with van der Waals surface area (Å²) in [5.41, 5.74) is 1.59. The number of thioether (sulfide) groups is 1. The quantitative estimate of drug-likeness (QED) is 0.449. The Morgan fingerprint density at radius 1 is 0.964 bits per heavy atom. The highest BCUT2D eigenvalue weighted by atomic mass is 32.2. The number of amides is 1. The Morgan fingerprint density at radius 3 is 2.46 bits per heavy atom. The van der Waals surface area contributed by atoms with Crippen LogP contribution >= 0.6 is 11.8 Å². The van der Waals surface area contributed by atoms with Crippen LogP contribution in [0.4, 0.5) is 10.1 Å². The lowest BCUT2D eigenvalue weighted by molar-refractivity contribution is 0.101. The number of nitrogens with one attached hydrogen (secondary N) is 1. The second kappa shape index (κ2) is 9.19. The summed E-state index contributed by atoms with van der Waals surface area (Å²) >= 11 is 1.36. The van der Waals surface area contributed by atoms with Crippen molar-refractivity contribution >= 4 is 29.1 Å². The van der Waals surface area contributed by atoms with Gasteiger partial charge in [-0.15, -0.1) is 11.8 Å². The third kappa shape index (κ3) is 5.20. The van der Waals surface area contributed by atoms with Crippen LogP contribution in [0, 0.1) is 5.82 Å². The molecular formula is C22H18FNO3S. The van der Waals surface area contributed by atoms with Gasteiger partial charge in [0.25, 0.3) is 5.91 Å². The zero-order chi connectivity index (χ0) is 19.9. The number of carbonyl (C=O) groups is 2. The van der Waals surface area contributed by atoms with E-state index in [1.807, 2.05) is 12.1 Å². The van der Waals surface area contributed by atoms with Crippen molar-refractivity contribution in [3.63, 3.8) is 0 Å². The Hall–Kier alpha value is -3.12. The van der Waals surface area contributed by atoms with Crippen molar-refractivity contribution < 1.29 is 18.7 Å². The Morgan fingerprint density at radius 2 is 1.71 bits per heavy atom. The number of ketones is 1. The third-order valence-electron chi connectivity index (χ3n) is 3.96. The molecule has 1 amide bonds. The minimum absolute atomic E-state index is 0.0872. The molecule has 0 atom stereocenters. The molecule has 0 saturated heterocycles. The van der Waals surface area contributed by atoms with E-state index in [9.17, 15) is 14.0 Å². The van der Waals surface area contributed by atoms with Gasteiger partial charge in [-0.05, 0) is 60.7 Å². The fraction of sp³-hybridized carbons (Fsp3) is 0.0909. The molecule has 28 heavy (non-hydrogen) atoms. The summed E-state index contributed by atoms with van der Waals surface area (Å²) < 4.78 is 18.1. The van der Waals surface area contributed by atoms with E-state index in [4.69, 9.17) is 4.74 Å². The lowest BCUT2D eigenvalue weighted by Gasteiger charge is -2.08. The summed E-state index contributed by atoms with van der Waals surface area (Å²) in [5.74, 6) is 0.123. The molecule has 3 aromatic carbocycles. The molecule has 142 valence electrons. The number of Topliss-reactive ketones (excluding diaryl/α,β-unsaturated/α-hetero) is 1. The minimum Gasteiger partial charge on any atom is -0.497 e. The molecule has 0 heterocycles. The average molecular weight is 395 g/mol. The van der Waals surface area contributed by atoms with Gasteiger partial charge in [-0.2, -0.15) is 0 Å². The highest BCUT2D eigenvalue weighted by Gasteiger charge is 2.10. The zero-order valence-electron chi connectivity index (χ0n) is 15.1. The van der Waals surface area contributed by atoms with Crippen LogP contribution in [-0.2, 0) is 0 Å². The Bertz CT molecular complexity index is 989.